The fraction of sp³-hybridized carbons (Fsp3) is 0.452. The van der Waals surface area contributed by atoms with Gasteiger partial charge in [-0.1, -0.05) is 19.4 Å². The smallest absolute Gasteiger partial charge is 0.319 e. The molecule has 2 fully saturated rings. The van der Waals surface area contributed by atoms with Crippen LogP contribution in [0.25, 0.3) is 22.4 Å². The standard InChI is InChI=1S/C31H39N9O2/c1-2-3-13-33-31(41)35-25-8-6-24(7-9-25)28-36-29(39-16-18-42-19-17-39)27-21-34-40(30(27)37-28)26-10-14-38(15-11-26)22-23-5-4-12-32-20-23/h4-9,12,20-21,26H,2-3,10-11,13-19,22H2,1H3,(H2,33,35,41). The number of anilines is 2. The van der Waals surface area contributed by atoms with Crippen molar-refractivity contribution in [3.63, 3.8) is 0 Å². The van der Waals surface area contributed by atoms with Crippen LogP contribution in [0.2, 0.25) is 0 Å². The first kappa shape index (κ1) is 28.0. The number of likely N-dealkylation sites (tertiary alicyclic amines) is 1. The molecule has 0 bridgehead atoms. The number of fused-ring (bicyclic) bond motifs is 1. The molecule has 6 rings (SSSR count). The van der Waals surface area contributed by atoms with E-state index >= 15 is 0 Å². The first-order valence-corrected chi connectivity index (χ1v) is 15.0. The number of benzene rings is 1. The SMILES string of the molecule is CCCCNC(=O)Nc1ccc(-c2nc(N3CCOCC3)c3cnn(C4CCN(Cc5cccnc5)CC4)c3n2)cc1. The molecule has 5 heterocycles. The molecule has 0 spiro atoms. The summed E-state index contributed by atoms with van der Waals surface area (Å²) in [5.74, 6) is 1.55. The van der Waals surface area contributed by atoms with Gasteiger partial charge >= 0.3 is 6.03 Å². The lowest BCUT2D eigenvalue weighted by Crippen LogP contribution is -2.37. The molecule has 2 N–H and O–H groups in total. The van der Waals surface area contributed by atoms with Crippen molar-refractivity contribution in [3.05, 3.63) is 60.6 Å². The number of ether oxygens (including phenoxy) is 1. The molecular formula is C31H39N9O2. The summed E-state index contributed by atoms with van der Waals surface area (Å²) < 4.78 is 7.74. The van der Waals surface area contributed by atoms with Gasteiger partial charge in [-0.05, 0) is 55.2 Å². The Morgan fingerprint density at radius 3 is 2.57 bits per heavy atom. The fourth-order valence-corrected chi connectivity index (χ4v) is 5.65. The zero-order valence-electron chi connectivity index (χ0n) is 24.2. The molecule has 0 atom stereocenters. The van der Waals surface area contributed by atoms with Crippen LogP contribution in [-0.4, -0.2) is 81.6 Å². The largest absolute Gasteiger partial charge is 0.378 e. The number of nitrogens with one attached hydrogen (secondary N) is 2. The van der Waals surface area contributed by atoms with Gasteiger partial charge in [-0.2, -0.15) is 5.10 Å². The molecule has 0 aliphatic carbocycles. The Morgan fingerprint density at radius 1 is 1.02 bits per heavy atom. The lowest BCUT2D eigenvalue weighted by atomic mass is 10.0. The number of urea groups is 1. The van der Waals surface area contributed by atoms with Crippen LogP contribution in [-0.2, 0) is 11.3 Å². The number of nitrogens with zero attached hydrogens (tertiary/aromatic N) is 7. The van der Waals surface area contributed by atoms with E-state index in [1.807, 2.05) is 48.9 Å². The minimum atomic E-state index is -0.196. The summed E-state index contributed by atoms with van der Waals surface area (Å²) in [6.45, 7) is 8.57. The van der Waals surface area contributed by atoms with Gasteiger partial charge in [0.25, 0.3) is 0 Å². The summed E-state index contributed by atoms with van der Waals surface area (Å²) in [5, 5.41) is 11.6. The van der Waals surface area contributed by atoms with Crippen molar-refractivity contribution >= 4 is 28.6 Å². The van der Waals surface area contributed by atoms with Crippen LogP contribution in [0, 0.1) is 0 Å². The average Bonchev–Trinajstić information content (AvgIpc) is 3.46. The zero-order valence-corrected chi connectivity index (χ0v) is 24.2. The molecular weight excluding hydrogens is 530 g/mol. The molecule has 0 radical (unpaired) electrons. The molecule has 2 aliphatic heterocycles. The number of hydrogen-bond donors (Lipinski definition) is 2. The normalized spacial score (nSPS) is 16.5. The Kier molecular flexibility index (Phi) is 8.86. The van der Waals surface area contributed by atoms with Crippen LogP contribution >= 0.6 is 0 Å². The van der Waals surface area contributed by atoms with Crippen molar-refractivity contribution in [3.8, 4) is 11.4 Å². The minimum absolute atomic E-state index is 0.196. The van der Waals surface area contributed by atoms with E-state index in [0.29, 0.717) is 25.6 Å². The molecule has 4 aromatic rings. The zero-order chi connectivity index (χ0) is 28.7. The molecule has 0 saturated carbocycles. The topological polar surface area (TPSA) is 113 Å². The first-order valence-electron chi connectivity index (χ1n) is 15.0. The molecule has 220 valence electrons. The van der Waals surface area contributed by atoms with Crippen molar-refractivity contribution in [1.82, 2.24) is 34.9 Å². The predicted octanol–water partition coefficient (Wildman–Crippen LogP) is 4.48. The summed E-state index contributed by atoms with van der Waals surface area (Å²) in [4.78, 5) is 31.3. The van der Waals surface area contributed by atoms with Gasteiger partial charge in [0.15, 0.2) is 11.5 Å². The molecule has 42 heavy (non-hydrogen) atoms. The number of morpholine rings is 1. The quantitative estimate of drug-likeness (QED) is 0.284. The Balaban J connectivity index is 1.24. The van der Waals surface area contributed by atoms with Gasteiger partial charge < -0.3 is 20.3 Å². The number of pyridine rings is 1. The Labute approximate surface area is 246 Å². The van der Waals surface area contributed by atoms with Gasteiger partial charge in [-0.25, -0.2) is 19.4 Å². The third-order valence-electron chi connectivity index (χ3n) is 7.99. The fourth-order valence-electron chi connectivity index (χ4n) is 5.65. The number of carbonyl (C=O) groups excluding carboxylic acids is 1. The van der Waals surface area contributed by atoms with Crippen molar-refractivity contribution in [2.45, 2.75) is 45.2 Å². The number of amides is 2. The number of aromatic nitrogens is 5. The summed E-state index contributed by atoms with van der Waals surface area (Å²) in [5.41, 5.74) is 3.73. The molecule has 11 heteroatoms. The van der Waals surface area contributed by atoms with Crippen molar-refractivity contribution in [2.75, 3.05) is 56.2 Å². The molecule has 0 unspecified atom stereocenters. The van der Waals surface area contributed by atoms with Crippen molar-refractivity contribution in [2.24, 2.45) is 0 Å². The third-order valence-corrected chi connectivity index (χ3v) is 7.99. The van der Waals surface area contributed by atoms with Crippen LogP contribution in [0.4, 0.5) is 16.3 Å². The highest BCUT2D eigenvalue weighted by atomic mass is 16.5. The highest BCUT2D eigenvalue weighted by Gasteiger charge is 2.26. The maximum absolute atomic E-state index is 12.2. The summed E-state index contributed by atoms with van der Waals surface area (Å²) >= 11 is 0. The average molecular weight is 570 g/mol. The van der Waals surface area contributed by atoms with Gasteiger partial charge in [-0.3, -0.25) is 9.88 Å². The highest BCUT2D eigenvalue weighted by Crippen LogP contribution is 2.32. The summed E-state index contributed by atoms with van der Waals surface area (Å²) in [7, 11) is 0. The van der Waals surface area contributed by atoms with Crippen LogP contribution in [0.15, 0.2) is 55.0 Å². The molecule has 2 amide bonds. The third kappa shape index (κ3) is 6.52. The van der Waals surface area contributed by atoms with E-state index in [0.717, 1.165) is 86.5 Å². The van der Waals surface area contributed by atoms with E-state index in [9.17, 15) is 4.79 Å². The number of rotatable bonds is 9. The highest BCUT2D eigenvalue weighted by molar-refractivity contribution is 5.90. The molecule has 2 aliphatic rings. The molecule has 11 nitrogen and oxygen atoms in total. The second-order valence-electron chi connectivity index (χ2n) is 11.0. The Bertz CT molecular complexity index is 1460. The van der Waals surface area contributed by atoms with E-state index < -0.39 is 0 Å². The number of unbranched alkanes of at least 4 members (excludes halogenated alkanes) is 1. The summed E-state index contributed by atoms with van der Waals surface area (Å²) in [6.07, 6.45) is 9.70. The van der Waals surface area contributed by atoms with E-state index in [1.54, 1.807) is 0 Å². The number of carbonyl (C=O) groups is 1. The Hall–Kier alpha value is -4.09. The maximum atomic E-state index is 12.2. The van der Waals surface area contributed by atoms with E-state index in [4.69, 9.17) is 19.8 Å². The van der Waals surface area contributed by atoms with E-state index in [1.165, 1.54) is 5.56 Å². The second-order valence-corrected chi connectivity index (χ2v) is 11.0. The molecule has 2 saturated heterocycles. The van der Waals surface area contributed by atoms with Gasteiger partial charge in [0.2, 0.25) is 0 Å². The first-order chi connectivity index (χ1) is 20.7. The van der Waals surface area contributed by atoms with Crippen molar-refractivity contribution < 1.29 is 9.53 Å². The van der Waals surface area contributed by atoms with Gasteiger partial charge in [0, 0.05) is 62.9 Å². The van der Waals surface area contributed by atoms with Crippen LogP contribution in [0.1, 0.15) is 44.2 Å². The van der Waals surface area contributed by atoms with Crippen LogP contribution in [0.3, 0.4) is 0 Å². The maximum Gasteiger partial charge on any atom is 0.319 e. The second kappa shape index (κ2) is 13.3. The molecule has 3 aromatic heterocycles. The Morgan fingerprint density at radius 2 is 1.83 bits per heavy atom. The minimum Gasteiger partial charge on any atom is -0.378 e. The molecule has 1 aromatic carbocycles. The van der Waals surface area contributed by atoms with Crippen LogP contribution in [0.5, 0.6) is 0 Å². The summed E-state index contributed by atoms with van der Waals surface area (Å²) in [6, 6.07) is 11.9. The monoisotopic (exact) mass is 569 g/mol. The lowest BCUT2D eigenvalue weighted by molar-refractivity contribution is 0.122. The predicted molar refractivity (Wildman–Crippen MR) is 164 cm³/mol. The number of piperidine rings is 1. The number of hydrogen-bond acceptors (Lipinski definition) is 8. The van der Waals surface area contributed by atoms with Gasteiger partial charge in [0.05, 0.1) is 30.8 Å². The lowest BCUT2D eigenvalue weighted by Gasteiger charge is -2.32. The van der Waals surface area contributed by atoms with Gasteiger partial charge in [-0.15, -0.1) is 0 Å². The van der Waals surface area contributed by atoms with Crippen LogP contribution < -0.4 is 15.5 Å². The van der Waals surface area contributed by atoms with Gasteiger partial charge in [0.1, 0.15) is 5.82 Å². The van der Waals surface area contributed by atoms with E-state index in [2.05, 4.69) is 43.1 Å². The van der Waals surface area contributed by atoms with E-state index in [-0.39, 0.29) is 12.1 Å². The van der Waals surface area contributed by atoms with Crippen molar-refractivity contribution in [1.29, 1.82) is 0 Å².